The van der Waals surface area contributed by atoms with Gasteiger partial charge in [0.25, 0.3) is 5.91 Å². The molecule has 0 radical (unpaired) electrons. The number of fused-ring (bicyclic) bond motifs is 1. The van der Waals surface area contributed by atoms with Crippen molar-refractivity contribution in [3.8, 4) is 0 Å². The molecule has 6 nitrogen and oxygen atoms in total. The third kappa shape index (κ3) is 4.02. The fourth-order valence-corrected chi connectivity index (χ4v) is 5.34. The third-order valence-corrected chi connectivity index (χ3v) is 7.04. The van der Waals surface area contributed by atoms with Crippen LogP contribution in [-0.2, 0) is 13.1 Å². The Morgan fingerprint density at radius 2 is 1.77 bits per heavy atom. The summed E-state index contributed by atoms with van der Waals surface area (Å²) in [6.07, 6.45) is 4.26. The van der Waals surface area contributed by atoms with Gasteiger partial charge >= 0.3 is 0 Å². The molecule has 5 rings (SSSR count). The van der Waals surface area contributed by atoms with Gasteiger partial charge in [-0.15, -0.1) is 11.3 Å². The van der Waals surface area contributed by atoms with E-state index in [0.717, 1.165) is 75.9 Å². The first-order valence-corrected chi connectivity index (χ1v) is 11.8. The number of likely N-dealkylation sites (tertiary alicyclic amines) is 1. The summed E-state index contributed by atoms with van der Waals surface area (Å²) in [5, 5.41) is 2.05. The fraction of sp³-hybridized carbons (Fsp3) is 0.478. The van der Waals surface area contributed by atoms with Crippen molar-refractivity contribution in [1.29, 1.82) is 0 Å². The Bertz CT molecular complexity index is 1030. The number of thiazole rings is 1. The molecule has 0 bridgehead atoms. The SMILES string of the molecule is Cc1cccc(CN2CCN(Cc3c(C(=O)N4CCCC4)nc4sccn34)CC2)c1. The first kappa shape index (κ1) is 19.7. The maximum atomic E-state index is 13.1. The monoisotopic (exact) mass is 423 g/mol. The average molecular weight is 424 g/mol. The standard InChI is InChI=1S/C23H29N5OS/c1-18-5-4-6-19(15-18)16-25-9-11-26(12-10-25)17-20-21(22(29)27-7-2-3-8-27)24-23-28(20)13-14-30-23/h4-6,13-15H,2-3,7-12,16-17H2,1H3. The number of benzene rings is 1. The molecule has 2 fully saturated rings. The molecular formula is C23H29N5OS. The van der Waals surface area contributed by atoms with Crippen LogP contribution in [0.25, 0.3) is 4.96 Å². The van der Waals surface area contributed by atoms with E-state index in [1.54, 1.807) is 11.3 Å². The molecule has 1 aromatic carbocycles. The Morgan fingerprint density at radius 3 is 2.50 bits per heavy atom. The van der Waals surface area contributed by atoms with Crippen molar-refractivity contribution in [3.63, 3.8) is 0 Å². The van der Waals surface area contributed by atoms with E-state index >= 15 is 0 Å². The van der Waals surface area contributed by atoms with Crippen LogP contribution in [0.3, 0.4) is 0 Å². The number of amides is 1. The normalized spacial score (nSPS) is 18.5. The van der Waals surface area contributed by atoms with Gasteiger partial charge in [-0.3, -0.25) is 19.0 Å². The van der Waals surface area contributed by atoms with Gasteiger partial charge in [0.15, 0.2) is 10.7 Å². The van der Waals surface area contributed by atoms with E-state index in [1.807, 2.05) is 4.90 Å². The van der Waals surface area contributed by atoms with Crippen LogP contribution < -0.4 is 0 Å². The van der Waals surface area contributed by atoms with Gasteiger partial charge < -0.3 is 4.90 Å². The van der Waals surface area contributed by atoms with Crippen molar-refractivity contribution < 1.29 is 4.79 Å². The smallest absolute Gasteiger partial charge is 0.274 e. The van der Waals surface area contributed by atoms with Crippen LogP contribution in [0, 0.1) is 6.92 Å². The number of carbonyl (C=O) groups is 1. The lowest BCUT2D eigenvalue weighted by Crippen LogP contribution is -2.45. The maximum Gasteiger partial charge on any atom is 0.274 e. The summed E-state index contributed by atoms with van der Waals surface area (Å²) < 4.78 is 2.12. The number of piperazine rings is 1. The highest BCUT2D eigenvalue weighted by Gasteiger charge is 2.28. The molecule has 2 saturated heterocycles. The number of hydrogen-bond donors (Lipinski definition) is 0. The molecule has 0 saturated carbocycles. The lowest BCUT2D eigenvalue weighted by atomic mass is 10.1. The highest BCUT2D eigenvalue weighted by Crippen LogP contribution is 2.23. The highest BCUT2D eigenvalue weighted by atomic mass is 32.1. The van der Waals surface area contributed by atoms with Gasteiger partial charge in [-0.05, 0) is 25.3 Å². The van der Waals surface area contributed by atoms with Gasteiger partial charge in [-0.2, -0.15) is 0 Å². The minimum absolute atomic E-state index is 0.108. The van der Waals surface area contributed by atoms with E-state index in [4.69, 9.17) is 4.98 Å². The number of carbonyl (C=O) groups excluding carboxylic acids is 1. The van der Waals surface area contributed by atoms with Crippen molar-refractivity contribution >= 4 is 22.2 Å². The van der Waals surface area contributed by atoms with Gasteiger partial charge in [0.2, 0.25) is 0 Å². The Balaban J connectivity index is 1.26. The second-order valence-electron chi connectivity index (χ2n) is 8.50. The molecule has 0 N–H and O–H groups in total. The van der Waals surface area contributed by atoms with E-state index in [-0.39, 0.29) is 5.91 Å². The summed E-state index contributed by atoms with van der Waals surface area (Å²) in [5.41, 5.74) is 4.42. The number of aryl methyl sites for hydroxylation is 1. The Hall–Kier alpha value is -2.22. The van der Waals surface area contributed by atoms with Gasteiger partial charge in [-0.1, -0.05) is 29.8 Å². The van der Waals surface area contributed by atoms with Crippen LogP contribution in [0.2, 0.25) is 0 Å². The van der Waals surface area contributed by atoms with Gasteiger partial charge in [0, 0.05) is 63.9 Å². The number of rotatable bonds is 5. The quantitative estimate of drug-likeness (QED) is 0.632. The van der Waals surface area contributed by atoms with Crippen molar-refractivity contribution in [2.24, 2.45) is 0 Å². The molecule has 7 heteroatoms. The third-order valence-electron chi connectivity index (χ3n) is 6.28. The molecule has 0 atom stereocenters. The van der Waals surface area contributed by atoms with Crippen LogP contribution >= 0.6 is 11.3 Å². The summed E-state index contributed by atoms with van der Waals surface area (Å²) in [6, 6.07) is 8.79. The van der Waals surface area contributed by atoms with E-state index in [9.17, 15) is 4.79 Å². The zero-order chi connectivity index (χ0) is 20.5. The first-order valence-electron chi connectivity index (χ1n) is 10.9. The Kier molecular flexibility index (Phi) is 5.58. The van der Waals surface area contributed by atoms with E-state index in [2.05, 4.69) is 57.0 Å². The lowest BCUT2D eigenvalue weighted by Gasteiger charge is -2.34. The predicted octanol–water partition coefficient (Wildman–Crippen LogP) is 3.26. The molecule has 3 aromatic rings. The molecule has 30 heavy (non-hydrogen) atoms. The van der Waals surface area contributed by atoms with E-state index in [0.29, 0.717) is 5.69 Å². The predicted molar refractivity (Wildman–Crippen MR) is 120 cm³/mol. The minimum atomic E-state index is 0.108. The molecule has 0 unspecified atom stereocenters. The first-order chi connectivity index (χ1) is 14.7. The van der Waals surface area contributed by atoms with Crippen molar-refractivity contribution in [2.75, 3.05) is 39.3 Å². The van der Waals surface area contributed by atoms with Gasteiger partial charge in [-0.25, -0.2) is 4.98 Å². The summed E-state index contributed by atoms with van der Waals surface area (Å²) in [4.78, 5) is 25.7. The number of imidazole rings is 1. The largest absolute Gasteiger partial charge is 0.337 e. The Labute approximate surface area is 181 Å². The van der Waals surface area contributed by atoms with Crippen molar-refractivity contribution in [2.45, 2.75) is 32.9 Å². The second-order valence-corrected chi connectivity index (χ2v) is 9.38. The summed E-state index contributed by atoms with van der Waals surface area (Å²) in [5.74, 6) is 0.108. The summed E-state index contributed by atoms with van der Waals surface area (Å²) in [6.45, 7) is 9.80. The van der Waals surface area contributed by atoms with Crippen LogP contribution in [0.4, 0.5) is 0 Å². The number of hydrogen-bond acceptors (Lipinski definition) is 5. The highest BCUT2D eigenvalue weighted by molar-refractivity contribution is 7.15. The molecular weight excluding hydrogens is 394 g/mol. The number of nitrogens with zero attached hydrogens (tertiary/aromatic N) is 5. The number of aromatic nitrogens is 2. The topological polar surface area (TPSA) is 44.1 Å². The average Bonchev–Trinajstić information content (AvgIpc) is 3.48. The fourth-order valence-electron chi connectivity index (χ4n) is 4.61. The zero-order valence-corrected chi connectivity index (χ0v) is 18.4. The molecule has 158 valence electrons. The molecule has 0 spiro atoms. The van der Waals surface area contributed by atoms with Crippen molar-refractivity contribution in [3.05, 3.63) is 58.4 Å². The molecule has 2 aliphatic heterocycles. The lowest BCUT2D eigenvalue weighted by molar-refractivity contribution is 0.0782. The second kappa shape index (κ2) is 8.49. The molecule has 1 amide bonds. The van der Waals surface area contributed by atoms with Gasteiger partial charge in [0.05, 0.1) is 5.69 Å². The van der Waals surface area contributed by atoms with Crippen LogP contribution in [-0.4, -0.2) is 69.3 Å². The van der Waals surface area contributed by atoms with Crippen LogP contribution in [0.5, 0.6) is 0 Å². The molecule has 2 aliphatic rings. The van der Waals surface area contributed by atoms with Crippen LogP contribution in [0.1, 0.15) is 40.2 Å². The summed E-state index contributed by atoms with van der Waals surface area (Å²) in [7, 11) is 0. The maximum absolute atomic E-state index is 13.1. The molecule has 2 aromatic heterocycles. The zero-order valence-electron chi connectivity index (χ0n) is 17.6. The van der Waals surface area contributed by atoms with Gasteiger partial charge in [0.1, 0.15) is 0 Å². The molecule has 0 aliphatic carbocycles. The van der Waals surface area contributed by atoms with E-state index in [1.165, 1.54) is 11.1 Å². The minimum Gasteiger partial charge on any atom is -0.337 e. The van der Waals surface area contributed by atoms with Crippen molar-refractivity contribution in [1.82, 2.24) is 24.1 Å². The molecule has 4 heterocycles. The Morgan fingerprint density at radius 1 is 1.03 bits per heavy atom. The van der Waals surface area contributed by atoms with E-state index < -0.39 is 0 Å². The van der Waals surface area contributed by atoms with Crippen LogP contribution in [0.15, 0.2) is 35.8 Å². The summed E-state index contributed by atoms with van der Waals surface area (Å²) >= 11 is 1.60.